The van der Waals surface area contributed by atoms with Gasteiger partial charge in [-0.3, -0.25) is 9.59 Å². The standard InChI is InChI=1S/C22H24FNO5/c1-27-18-8-7-15(11-17(18)23)22(26)24-10-4-5-16(13-24)21(25)14-6-9-19(28-2)20(12-14)29-3/h6-9,11-12,16H,4-5,10,13H2,1-3H3. The first-order valence-corrected chi connectivity index (χ1v) is 9.37. The van der Waals surface area contributed by atoms with E-state index in [4.69, 9.17) is 14.2 Å². The van der Waals surface area contributed by atoms with Crippen LogP contribution < -0.4 is 14.2 Å². The quantitative estimate of drug-likeness (QED) is 0.692. The fourth-order valence-corrected chi connectivity index (χ4v) is 3.58. The third-order valence-electron chi connectivity index (χ3n) is 5.15. The Morgan fingerprint density at radius 2 is 1.59 bits per heavy atom. The lowest BCUT2D eigenvalue weighted by Crippen LogP contribution is -2.42. The Hall–Kier alpha value is -3.09. The van der Waals surface area contributed by atoms with Gasteiger partial charge in [0.25, 0.3) is 5.91 Å². The van der Waals surface area contributed by atoms with Gasteiger partial charge in [-0.25, -0.2) is 4.39 Å². The second-order valence-electron chi connectivity index (χ2n) is 6.87. The Morgan fingerprint density at radius 1 is 0.931 bits per heavy atom. The van der Waals surface area contributed by atoms with Gasteiger partial charge in [-0.2, -0.15) is 0 Å². The predicted molar refractivity (Wildman–Crippen MR) is 105 cm³/mol. The molecule has 0 spiro atoms. The van der Waals surface area contributed by atoms with Crippen LogP contribution in [0, 0.1) is 11.7 Å². The zero-order chi connectivity index (χ0) is 21.0. The number of methoxy groups -OCH3 is 3. The maximum Gasteiger partial charge on any atom is 0.253 e. The lowest BCUT2D eigenvalue weighted by atomic mass is 9.89. The summed E-state index contributed by atoms with van der Waals surface area (Å²) in [6.07, 6.45) is 1.39. The van der Waals surface area contributed by atoms with E-state index in [2.05, 4.69) is 0 Å². The van der Waals surface area contributed by atoms with Crippen LogP contribution in [0.3, 0.4) is 0 Å². The molecule has 0 bridgehead atoms. The van der Waals surface area contributed by atoms with Gasteiger partial charge in [0.15, 0.2) is 28.8 Å². The van der Waals surface area contributed by atoms with Crippen molar-refractivity contribution in [3.8, 4) is 17.2 Å². The summed E-state index contributed by atoms with van der Waals surface area (Å²) in [6, 6.07) is 9.17. The van der Waals surface area contributed by atoms with Gasteiger partial charge in [-0.05, 0) is 49.2 Å². The molecule has 0 saturated carbocycles. The van der Waals surface area contributed by atoms with Gasteiger partial charge in [0, 0.05) is 30.1 Å². The molecule has 1 fully saturated rings. The number of carbonyl (C=O) groups excluding carboxylic acids is 2. The van der Waals surface area contributed by atoms with E-state index in [9.17, 15) is 14.0 Å². The van der Waals surface area contributed by atoms with Crippen molar-refractivity contribution >= 4 is 11.7 Å². The van der Waals surface area contributed by atoms with E-state index >= 15 is 0 Å². The molecule has 1 atom stereocenters. The molecule has 2 aromatic rings. The number of benzene rings is 2. The highest BCUT2D eigenvalue weighted by molar-refractivity contribution is 6.00. The first-order chi connectivity index (χ1) is 14.0. The van der Waals surface area contributed by atoms with E-state index in [0.29, 0.717) is 43.0 Å². The zero-order valence-corrected chi connectivity index (χ0v) is 16.7. The minimum atomic E-state index is -0.590. The first kappa shape index (κ1) is 20.6. The number of nitrogens with zero attached hydrogens (tertiary/aromatic N) is 1. The molecule has 1 heterocycles. The molecule has 1 unspecified atom stereocenters. The monoisotopic (exact) mass is 401 g/mol. The van der Waals surface area contributed by atoms with Crippen LogP contribution in [0.4, 0.5) is 4.39 Å². The predicted octanol–water partition coefficient (Wildman–Crippen LogP) is 3.59. The number of hydrogen-bond donors (Lipinski definition) is 0. The second kappa shape index (κ2) is 8.94. The van der Waals surface area contributed by atoms with Crippen LogP contribution in [0.2, 0.25) is 0 Å². The maximum atomic E-state index is 14.0. The summed E-state index contributed by atoms with van der Waals surface area (Å²) in [4.78, 5) is 27.4. The van der Waals surface area contributed by atoms with Gasteiger partial charge in [-0.15, -0.1) is 0 Å². The molecule has 6 nitrogen and oxygen atoms in total. The Balaban J connectivity index is 1.75. The molecule has 1 aliphatic heterocycles. The number of halogens is 1. The molecule has 29 heavy (non-hydrogen) atoms. The first-order valence-electron chi connectivity index (χ1n) is 9.37. The average molecular weight is 401 g/mol. The number of ether oxygens (including phenoxy) is 3. The number of amides is 1. The van der Waals surface area contributed by atoms with Crippen LogP contribution in [0.5, 0.6) is 17.2 Å². The van der Waals surface area contributed by atoms with E-state index in [-0.39, 0.29) is 28.9 Å². The minimum Gasteiger partial charge on any atom is -0.494 e. The Kier molecular flexibility index (Phi) is 6.36. The molecule has 2 aromatic carbocycles. The SMILES string of the molecule is COc1ccc(C(=O)N2CCCC(C(=O)c3ccc(OC)c(OC)c3)C2)cc1F. The third-order valence-corrected chi connectivity index (χ3v) is 5.15. The number of Topliss-reactive ketones (excluding diaryl/α,β-unsaturated/α-hetero) is 1. The Labute approximate surface area is 169 Å². The van der Waals surface area contributed by atoms with E-state index < -0.39 is 5.82 Å². The number of rotatable bonds is 6. The number of hydrogen-bond acceptors (Lipinski definition) is 5. The molecule has 3 rings (SSSR count). The topological polar surface area (TPSA) is 65.1 Å². The molecule has 1 amide bonds. The second-order valence-corrected chi connectivity index (χ2v) is 6.87. The summed E-state index contributed by atoms with van der Waals surface area (Å²) >= 11 is 0. The fraction of sp³-hybridized carbons (Fsp3) is 0.364. The lowest BCUT2D eigenvalue weighted by molar-refractivity contribution is 0.0636. The van der Waals surface area contributed by atoms with Crippen LogP contribution in [0.1, 0.15) is 33.6 Å². The third kappa shape index (κ3) is 4.34. The van der Waals surface area contributed by atoms with Crippen molar-refractivity contribution in [2.24, 2.45) is 5.92 Å². The van der Waals surface area contributed by atoms with Crippen molar-refractivity contribution in [3.05, 3.63) is 53.3 Å². The van der Waals surface area contributed by atoms with Crippen LogP contribution >= 0.6 is 0 Å². The zero-order valence-electron chi connectivity index (χ0n) is 16.7. The molecule has 154 valence electrons. The molecule has 0 N–H and O–H groups in total. The summed E-state index contributed by atoms with van der Waals surface area (Å²) in [6.45, 7) is 0.821. The highest BCUT2D eigenvalue weighted by atomic mass is 19.1. The number of piperidine rings is 1. The van der Waals surface area contributed by atoms with Crippen molar-refractivity contribution in [3.63, 3.8) is 0 Å². The van der Waals surface area contributed by atoms with Crippen LogP contribution in [-0.2, 0) is 0 Å². The van der Waals surface area contributed by atoms with E-state index in [0.717, 1.165) is 0 Å². The Bertz CT molecular complexity index is 914. The largest absolute Gasteiger partial charge is 0.494 e. The smallest absolute Gasteiger partial charge is 0.253 e. The molecule has 7 heteroatoms. The van der Waals surface area contributed by atoms with E-state index in [1.165, 1.54) is 39.5 Å². The highest BCUT2D eigenvalue weighted by Crippen LogP contribution is 2.30. The highest BCUT2D eigenvalue weighted by Gasteiger charge is 2.30. The summed E-state index contributed by atoms with van der Waals surface area (Å²) in [5, 5.41) is 0. The van der Waals surface area contributed by atoms with E-state index in [1.807, 2.05) is 0 Å². The fourth-order valence-electron chi connectivity index (χ4n) is 3.58. The summed E-state index contributed by atoms with van der Waals surface area (Å²) in [7, 11) is 4.42. The molecule has 0 aromatic heterocycles. The molecule has 1 saturated heterocycles. The van der Waals surface area contributed by atoms with Crippen molar-refractivity contribution in [1.82, 2.24) is 4.90 Å². The maximum absolute atomic E-state index is 14.0. The van der Waals surface area contributed by atoms with Crippen LogP contribution in [0.15, 0.2) is 36.4 Å². The van der Waals surface area contributed by atoms with Crippen molar-refractivity contribution in [2.75, 3.05) is 34.4 Å². The van der Waals surface area contributed by atoms with Crippen LogP contribution in [0.25, 0.3) is 0 Å². The molecule has 0 radical (unpaired) electrons. The van der Waals surface area contributed by atoms with Gasteiger partial charge in [0.05, 0.1) is 21.3 Å². The van der Waals surface area contributed by atoms with Crippen molar-refractivity contribution < 1.29 is 28.2 Å². The van der Waals surface area contributed by atoms with Crippen LogP contribution in [-0.4, -0.2) is 51.0 Å². The van der Waals surface area contributed by atoms with Gasteiger partial charge in [-0.1, -0.05) is 0 Å². The van der Waals surface area contributed by atoms with Crippen molar-refractivity contribution in [1.29, 1.82) is 0 Å². The van der Waals surface area contributed by atoms with E-state index in [1.54, 1.807) is 23.1 Å². The Morgan fingerprint density at radius 3 is 2.24 bits per heavy atom. The molecule has 1 aliphatic rings. The molecular weight excluding hydrogens is 377 g/mol. The lowest BCUT2D eigenvalue weighted by Gasteiger charge is -2.32. The normalized spacial score (nSPS) is 16.3. The van der Waals surface area contributed by atoms with Gasteiger partial charge in [0.1, 0.15) is 0 Å². The van der Waals surface area contributed by atoms with Gasteiger partial charge in [0.2, 0.25) is 0 Å². The summed E-state index contributed by atoms with van der Waals surface area (Å²) < 4.78 is 29.3. The average Bonchev–Trinajstić information content (AvgIpc) is 2.77. The molecule has 0 aliphatic carbocycles. The van der Waals surface area contributed by atoms with Gasteiger partial charge >= 0.3 is 0 Å². The van der Waals surface area contributed by atoms with Crippen molar-refractivity contribution in [2.45, 2.75) is 12.8 Å². The molecular formula is C22H24FNO5. The number of ketones is 1. The number of likely N-dealkylation sites (tertiary alicyclic amines) is 1. The van der Waals surface area contributed by atoms with Gasteiger partial charge < -0.3 is 19.1 Å². The minimum absolute atomic E-state index is 0.0515. The summed E-state index contributed by atoms with van der Waals surface area (Å²) in [5.41, 5.74) is 0.750. The summed E-state index contributed by atoms with van der Waals surface area (Å²) in [5.74, 6) is -0.147. The number of carbonyl (C=O) groups is 2.